The first-order chi connectivity index (χ1) is 8.76. The summed E-state index contributed by atoms with van der Waals surface area (Å²) in [4.78, 5) is 11.2. The number of methoxy groups -OCH3 is 1. The van der Waals surface area contributed by atoms with Crippen molar-refractivity contribution in [2.24, 2.45) is 0 Å². The van der Waals surface area contributed by atoms with E-state index in [-0.39, 0.29) is 5.91 Å². The first kappa shape index (κ1) is 14.5. The summed E-state index contributed by atoms with van der Waals surface area (Å²) in [7, 11) is 1.66. The van der Waals surface area contributed by atoms with Crippen LogP contribution in [0.5, 0.6) is 5.75 Å². The van der Waals surface area contributed by atoms with E-state index in [1.165, 1.54) is 5.56 Å². The molecule has 0 heterocycles. The second-order valence-corrected chi connectivity index (χ2v) is 4.05. The molecular weight excluding hydrogens is 228 g/mol. The molecule has 0 unspecified atom stereocenters. The summed E-state index contributed by atoms with van der Waals surface area (Å²) in [5.41, 5.74) is 1.27. The zero-order valence-corrected chi connectivity index (χ0v) is 11.2. The van der Waals surface area contributed by atoms with Gasteiger partial charge in [0, 0.05) is 19.5 Å². The van der Waals surface area contributed by atoms with Gasteiger partial charge in [-0.1, -0.05) is 12.1 Å². The summed E-state index contributed by atoms with van der Waals surface area (Å²) in [5.74, 6) is 0.984. The van der Waals surface area contributed by atoms with Crippen molar-refractivity contribution in [1.82, 2.24) is 10.6 Å². The van der Waals surface area contributed by atoms with Gasteiger partial charge < -0.3 is 15.4 Å². The highest BCUT2D eigenvalue weighted by molar-refractivity contribution is 5.75. The molecule has 0 spiro atoms. The lowest BCUT2D eigenvalue weighted by Crippen LogP contribution is -2.28. The minimum atomic E-state index is 0.106. The first-order valence-electron chi connectivity index (χ1n) is 6.36. The van der Waals surface area contributed by atoms with Crippen molar-refractivity contribution in [3.05, 3.63) is 29.8 Å². The summed E-state index contributed by atoms with van der Waals surface area (Å²) in [5, 5.41) is 6.03. The molecular formula is C14H22N2O2. The molecule has 0 fully saturated rings. The molecule has 2 N–H and O–H groups in total. The van der Waals surface area contributed by atoms with E-state index in [0.717, 1.165) is 25.3 Å². The molecule has 1 rings (SSSR count). The van der Waals surface area contributed by atoms with E-state index in [2.05, 4.69) is 22.8 Å². The SMILES string of the molecule is CCNC(=O)CCNCCc1ccc(OC)cc1. The molecule has 1 amide bonds. The van der Waals surface area contributed by atoms with E-state index in [0.29, 0.717) is 13.0 Å². The molecule has 0 aliphatic heterocycles. The minimum Gasteiger partial charge on any atom is -0.497 e. The van der Waals surface area contributed by atoms with Gasteiger partial charge in [0.05, 0.1) is 7.11 Å². The summed E-state index contributed by atoms with van der Waals surface area (Å²) in [6, 6.07) is 8.04. The highest BCUT2D eigenvalue weighted by atomic mass is 16.5. The van der Waals surface area contributed by atoms with E-state index >= 15 is 0 Å². The van der Waals surface area contributed by atoms with Gasteiger partial charge in [0.1, 0.15) is 5.75 Å². The molecule has 0 saturated heterocycles. The van der Waals surface area contributed by atoms with Crippen LogP contribution in [0.4, 0.5) is 0 Å². The third-order valence-corrected chi connectivity index (χ3v) is 2.65. The van der Waals surface area contributed by atoms with Crippen LogP contribution in [0, 0.1) is 0 Å². The Hall–Kier alpha value is -1.55. The number of hydrogen-bond acceptors (Lipinski definition) is 3. The Morgan fingerprint density at radius 3 is 2.56 bits per heavy atom. The maximum Gasteiger partial charge on any atom is 0.221 e. The van der Waals surface area contributed by atoms with Crippen molar-refractivity contribution in [1.29, 1.82) is 0 Å². The summed E-state index contributed by atoms with van der Waals surface area (Å²) >= 11 is 0. The quantitative estimate of drug-likeness (QED) is 0.685. The predicted octanol–water partition coefficient (Wildman–Crippen LogP) is 1.35. The Morgan fingerprint density at radius 2 is 1.94 bits per heavy atom. The maximum absolute atomic E-state index is 11.2. The third-order valence-electron chi connectivity index (χ3n) is 2.65. The Bertz CT molecular complexity index is 349. The lowest BCUT2D eigenvalue weighted by atomic mass is 10.1. The molecule has 1 aromatic rings. The number of rotatable bonds is 8. The highest BCUT2D eigenvalue weighted by Crippen LogP contribution is 2.11. The predicted molar refractivity (Wildman–Crippen MR) is 72.9 cm³/mol. The zero-order valence-electron chi connectivity index (χ0n) is 11.2. The number of carbonyl (C=O) groups excluding carboxylic acids is 1. The van der Waals surface area contributed by atoms with Crippen molar-refractivity contribution in [3.63, 3.8) is 0 Å². The number of amides is 1. The van der Waals surface area contributed by atoms with Crippen LogP contribution in [0.15, 0.2) is 24.3 Å². The fourth-order valence-electron chi connectivity index (χ4n) is 1.64. The Morgan fingerprint density at radius 1 is 1.22 bits per heavy atom. The molecule has 100 valence electrons. The topological polar surface area (TPSA) is 50.4 Å². The first-order valence-corrected chi connectivity index (χ1v) is 6.36. The number of carbonyl (C=O) groups is 1. The molecule has 1 aromatic carbocycles. The van der Waals surface area contributed by atoms with Crippen LogP contribution in [-0.4, -0.2) is 32.7 Å². The maximum atomic E-state index is 11.2. The van der Waals surface area contributed by atoms with Gasteiger partial charge in [0.25, 0.3) is 0 Å². The molecule has 0 radical (unpaired) electrons. The number of hydrogen-bond donors (Lipinski definition) is 2. The van der Waals surface area contributed by atoms with Gasteiger partial charge in [-0.2, -0.15) is 0 Å². The molecule has 4 nitrogen and oxygen atoms in total. The summed E-state index contributed by atoms with van der Waals surface area (Å²) < 4.78 is 5.10. The second kappa shape index (κ2) is 8.53. The van der Waals surface area contributed by atoms with Crippen LogP contribution < -0.4 is 15.4 Å². The fraction of sp³-hybridized carbons (Fsp3) is 0.500. The zero-order chi connectivity index (χ0) is 13.2. The number of nitrogens with one attached hydrogen (secondary N) is 2. The Kier molecular flexibility index (Phi) is 6.87. The molecule has 0 aromatic heterocycles. The molecule has 0 bridgehead atoms. The average Bonchev–Trinajstić information content (AvgIpc) is 2.39. The van der Waals surface area contributed by atoms with E-state index in [4.69, 9.17) is 4.74 Å². The van der Waals surface area contributed by atoms with Crippen LogP contribution in [-0.2, 0) is 11.2 Å². The van der Waals surface area contributed by atoms with Crippen LogP contribution in [0.25, 0.3) is 0 Å². The van der Waals surface area contributed by atoms with Crippen LogP contribution >= 0.6 is 0 Å². The van der Waals surface area contributed by atoms with Crippen LogP contribution in [0.1, 0.15) is 18.9 Å². The largest absolute Gasteiger partial charge is 0.497 e. The molecule has 0 aliphatic carbocycles. The van der Waals surface area contributed by atoms with E-state index in [1.807, 2.05) is 19.1 Å². The monoisotopic (exact) mass is 250 g/mol. The van der Waals surface area contributed by atoms with Gasteiger partial charge >= 0.3 is 0 Å². The van der Waals surface area contributed by atoms with E-state index in [1.54, 1.807) is 7.11 Å². The van der Waals surface area contributed by atoms with Crippen LogP contribution in [0.2, 0.25) is 0 Å². The minimum absolute atomic E-state index is 0.106. The van der Waals surface area contributed by atoms with Crippen molar-refractivity contribution in [2.75, 3.05) is 26.7 Å². The van der Waals surface area contributed by atoms with Gasteiger partial charge in [-0.25, -0.2) is 0 Å². The van der Waals surface area contributed by atoms with Crippen molar-refractivity contribution in [3.8, 4) is 5.75 Å². The summed E-state index contributed by atoms with van der Waals surface area (Å²) in [6.07, 6.45) is 1.50. The van der Waals surface area contributed by atoms with Crippen molar-refractivity contribution < 1.29 is 9.53 Å². The molecule has 4 heteroatoms. The van der Waals surface area contributed by atoms with Gasteiger partial charge in [-0.05, 0) is 37.6 Å². The van der Waals surface area contributed by atoms with Crippen LogP contribution in [0.3, 0.4) is 0 Å². The van der Waals surface area contributed by atoms with Gasteiger partial charge in [-0.3, -0.25) is 4.79 Å². The van der Waals surface area contributed by atoms with Crippen molar-refractivity contribution >= 4 is 5.91 Å². The molecule has 0 aliphatic rings. The second-order valence-electron chi connectivity index (χ2n) is 4.05. The smallest absolute Gasteiger partial charge is 0.221 e. The molecule has 18 heavy (non-hydrogen) atoms. The number of benzene rings is 1. The van der Waals surface area contributed by atoms with E-state index in [9.17, 15) is 4.79 Å². The Balaban J connectivity index is 2.12. The average molecular weight is 250 g/mol. The Labute approximate surface area is 109 Å². The number of ether oxygens (including phenoxy) is 1. The van der Waals surface area contributed by atoms with Gasteiger partial charge in [-0.15, -0.1) is 0 Å². The highest BCUT2D eigenvalue weighted by Gasteiger charge is 1.98. The lowest BCUT2D eigenvalue weighted by Gasteiger charge is -2.06. The molecule has 0 saturated carbocycles. The summed E-state index contributed by atoms with van der Waals surface area (Å²) in [6.45, 7) is 4.23. The van der Waals surface area contributed by atoms with Gasteiger partial charge in [0.15, 0.2) is 0 Å². The van der Waals surface area contributed by atoms with Gasteiger partial charge in [0.2, 0.25) is 5.91 Å². The third kappa shape index (κ3) is 5.68. The lowest BCUT2D eigenvalue weighted by molar-refractivity contribution is -0.120. The molecule has 0 atom stereocenters. The normalized spacial score (nSPS) is 10.1. The standard InChI is InChI=1S/C14H22N2O2/c1-3-16-14(17)9-11-15-10-8-12-4-6-13(18-2)7-5-12/h4-7,15H,3,8-11H2,1-2H3,(H,16,17). The fourth-order valence-corrected chi connectivity index (χ4v) is 1.64. The van der Waals surface area contributed by atoms with E-state index < -0.39 is 0 Å². The van der Waals surface area contributed by atoms with Crippen molar-refractivity contribution in [2.45, 2.75) is 19.8 Å².